The van der Waals surface area contributed by atoms with Crippen LogP contribution >= 0.6 is 0 Å². The van der Waals surface area contributed by atoms with Crippen LogP contribution in [0.4, 0.5) is 0 Å². The van der Waals surface area contributed by atoms with Gasteiger partial charge in [-0.25, -0.2) is 0 Å². The second kappa shape index (κ2) is 2.96. The van der Waals surface area contributed by atoms with Crippen LogP contribution in [-0.4, -0.2) is 18.9 Å². The number of benzene rings is 1. The van der Waals surface area contributed by atoms with Gasteiger partial charge in [-0.3, -0.25) is 0 Å². The van der Waals surface area contributed by atoms with Gasteiger partial charge in [-0.05, 0) is 19.0 Å². The molecule has 2 nitrogen and oxygen atoms in total. The third kappa shape index (κ3) is 1.27. The van der Waals surface area contributed by atoms with E-state index < -0.39 is 0 Å². The van der Waals surface area contributed by atoms with Gasteiger partial charge < -0.3 is 10.1 Å². The molecule has 1 aliphatic carbocycles. The molecule has 0 heterocycles. The van der Waals surface area contributed by atoms with Crippen molar-refractivity contribution in [3.63, 3.8) is 0 Å². The van der Waals surface area contributed by atoms with Gasteiger partial charge in [0.05, 0.1) is 5.54 Å². The maximum atomic E-state index is 10.8. The Kier molecular flexibility index (Phi) is 1.93. The summed E-state index contributed by atoms with van der Waals surface area (Å²) in [6.45, 7) is 0. The highest BCUT2D eigenvalue weighted by Crippen LogP contribution is 2.49. The van der Waals surface area contributed by atoms with E-state index >= 15 is 0 Å². The molecule has 1 saturated carbocycles. The second-order valence-electron chi connectivity index (χ2n) is 3.58. The maximum absolute atomic E-state index is 10.8. The number of carbonyl (C=O) groups excluding carboxylic acids is 1. The number of likely N-dealkylation sites (N-methyl/N-ethyl adjacent to an activating group) is 1. The lowest BCUT2D eigenvalue weighted by Crippen LogP contribution is -2.30. The molecule has 1 N–H and O–H groups in total. The molecular formula is C11H13NO. The van der Waals surface area contributed by atoms with Crippen LogP contribution in [0.3, 0.4) is 0 Å². The molecule has 1 fully saturated rings. The molecule has 68 valence electrons. The van der Waals surface area contributed by atoms with E-state index in [4.69, 9.17) is 0 Å². The molecule has 0 amide bonds. The van der Waals surface area contributed by atoms with Crippen LogP contribution in [0.2, 0.25) is 0 Å². The van der Waals surface area contributed by atoms with Crippen LogP contribution in [0.25, 0.3) is 0 Å². The fourth-order valence-electron chi connectivity index (χ4n) is 1.84. The van der Waals surface area contributed by atoms with Crippen LogP contribution in [0.1, 0.15) is 17.9 Å². The van der Waals surface area contributed by atoms with Gasteiger partial charge in [0.1, 0.15) is 6.29 Å². The summed E-state index contributed by atoms with van der Waals surface area (Å²) in [4.78, 5) is 10.8. The van der Waals surface area contributed by atoms with Crippen LogP contribution < -0.4 is 5.32 Å². The first kappa shape index (κ1) is 8.45. The number of aldehydes is 1. The molecule has 1 aromatic rings. The van der Waals surface area contributed by atoms with Crippen molar-refractivity contribution in [3.05, 3.63) is 35.9 Å². The molecule has 2 heteroatoms. The van der Waals surface area contributed by atoms with Crippen molar-refractivity contribution in [2.45, 2.75) is 17.9 Å². The topological polar surface area (TPSA) is 29.1 Å². The summed E-state index contributed by atoms with van der Waals surface area (Å²) < 4.78 is 0. The fourth-order valence-corrected chi connectivity index (χ4v) is 1.84. The Balaban J connectivity index is 2.20. The first-order valence-corrected chi connectivity index (χ1v) is 4.52. The SMILES string of the molecule is CNC1(C=O)CC1c1ccccc1. The number of carbonyl (C=O) groups is 1. The van der Waals surface area contributed by atoms with Gasteiger partial charge in [-0.1, -0.05) is 30.3 Å². The zero-order valence-corrected chi connectivity index (χ0v) is 7.66. The minimum Gasteiger partial charge on any atom is -0.308 e. The maximum Gasteiger partial charge on any atom is 0.140 e. The molecule has 0 aromatic heterocycles. The Morgan fingerprint density at radius 2 is 2.15 bits per heavy atom. The van der Waals surface area contributed by atoms with Crippen LogP contribution in [0, 0.1) is 0 Å². The van der Waals surface area contributed by atoms with E-state index in [1.807, 2.05) is 25.2 Å². The van der Waals surface area contributed by atoms with E-state index in [1.165, 1.54) is 5.56 Å². The molecule has 0 bridgehead atoms. The van der Waals surface area contributed by atoms with Gasteiger partial charge >= 0.3 is 0 Å². The van der Waals surface area contributed by atoms with E-state index in [0.717, 1.165) is 12.7 Å². The number of hydrogen-bond donors (Lipinski definition) is 1. The summed E-state index contributed by atoms with van der Waals surface area (Å²) in [5.41, 5.74) is 0.977. The predicted octanol–water partition coefficient (Wildman–Crippen LogP) is 1.33. The lowest BCUT2D eigenvalue weighted by molar-refractivity contribution is -0.110. The lowest BCUT2D eigenvalue weighted by Gasteiger charge is -2.07. The molecule has 0 spiro atoms. The van der Waals surface area contributed by atoms with Crippen molar-refractivity contribution >= 4 is 6.29 Å². The molecule has 1 aliphatic rings. The highest BCUT2D eigenvalue weighted by molar-refractivity contribution is 5.73. The number of hydrogen-bond acceptors (Lipinski definition) is 2. The van der Waals surface area contributed by atoms with Crippen molar-refractivity contribution in [2.24, 2.45) is 0 Å². The summed E-state index contributed by atoms with van der Waals surface area (Å²) in [6, 6.07) is 10.2. The molecule has 0 aliphatic heterocycles. The molecule has 1 aromatic carbocycles. The van der Waals surface area contributed by atoms with E-state index in [-0.39, 0.29) is 5.54 Å². The Hall–Kier alpha value is -1.15. The average Bonchev–Trinajstić information content (AvgIpc) is 2.95. The van der Waals surface area contributed by atoms with Crippen molar-refractivity contribution in [1.29, 1.82) is 0 Å². The van der Waals surface area contributed by atoms with E-state index in [1.54, 1.807) is 0 Å². The third-order valence-corrected chi connectivity index (χ3v) is 2.88. The monoisotopic (exact) mass is 175 g/mol. The summed E-state index contributed by atoms with van der Waals surface area (Å²) in [6.07, 6.45) is 1.96. The van der Waals surface area contributed by atoms with Crippen molar-refractivity contribution < 1.29 is 4.79 Å². The van der Waals surface area contributed by atoms with Gasteiger partial charge in [0.2, 0.25) is 0 Å². The van der Waals surface area contributed by atoms with Crippen molar-refractivity contribution in [3.8, 4) is 0 Å². The molecule has 2 atom stereocenters. The zero-order valence-electron chi connectivity index (χ0n) is 7.66. The van der Waals surface area contributed by atoms with Gasteiger partial charge in [-0.15, -0.1) is 0 Å². The minimum absolute atomic E-state index is 0.276. The van der Waals surface area contributed by atoms with Crippen molar-refractivity contribution in [2.75, 3.05) is 7.05 Å². The van der Waals surface area contributed by atoms with Gasteiger partial charge in [0.15, 0.2) is 0 Å². The molecule has 0 radical (unpaired) electrons. The normalized spacial score (nSPS) is 31.3. The predicted molar refractivity (Wildman–Crippen MR) is 51.7 cm³/mol. The average molecular weight is 175 g/mol. The van der Waals surface area contributed by atoms with E-state index in [0.29, 0.717) is 5.92 Å². The standard InChI is InChI=1S/C11H13NO/c1-12-11(8-13)7-10(11)9-5-3-2-4-6-9/h2-6,8,10,12H,7H2,1H3. The van der Waals surface area contributed by atoms with Crippen LogP contribution in [0.15, 0.2) is 30.3 Å². The molecular weight excluding hydrogens is 162 g/mol. The van der Waals surface area contributed by atoms with Gasteiger partial charge in [0, 0.05) is 5.92 Å². The van der Waals surface area contributed by atoms with Gasteiger partial charge in [-0.2, -0.15) is 0 Å². The Bertz CT molecular complexity index is 309. The third-order valence-electron chi connectivity index (χ3n) is 2.88. The molecule has 13 heavy (non-hydrogen) atoms. The first-order chi connectivity index (χ1) is 6.32. The quantitative estimate of drug-likeness (QED) is 0.702. The minimum atomic E-state index is -0.276. The van der Waals surface area contributed by atoms with Crippen LogP contribution in [-0.2, 0) is 4.79 Å². The highest BCUT2D eigenvalue weighted by atomic mass is 16.1. The van der Waals surface area contributed by atoms with Gasteiger partial charge in [0.25, 0.3) is 0 Å². The van der Waals surface area contributed by atoms with Crippen LogP contribution in [0.5, 0.6) is 0 Å². The smallest absolute Gasteiger partial charge is 0.140 e. The number of nitrogens with one attached hydrogen (secondary N) is 1. The summed E-state index contributed by atoms with van der Waals surface area (Å²) in [7, 11) is 1.84. The van der Waals surface area contributed by atoms with Crippen molar-refractivity contribution in [1.82, 2.24) is 5.32 Å². The largest absolute Gasteiger partial charge is 0.308 e. The lowest BCUT2D eigenvalue weighted by atomic mass is 10.1. The molecule has 0 saturated heterocycles. The summed E-state index contributed by atoms with van der Waals surface area (Å²) in [5.74, 6) is 0.371. The number of rotatable bonds is 3. The zero-order chi connectivity index (χ0) is 9.31. The fraction of sp³-hybridized carbons (Fsp3) is 0.364. The molecule has 2 unspecified atom stereocenters. The summed E-state index contributed by atoms with van der Waals surface area (Å²) >= 11 is 0. The second-order valence-corrected chi connectivity index (χ2v) is 3.58. The Morgan fingerprint density at radius 1 is 1.46 bits per heavy atom. The Morgan fingerprint density at radius 3 is 2.62 bits per heavy atom. The highest BCUT2D eigenvalue weighted by Gasteiger charge is 2.53. The first-order valence-electron chi connectivity index (χ1n) is 4.52. The summed E-state index contributed by atoms with van der Waals surface area (Å²) in [5, 5.41) is 3.08. The van der Waals surface area contributed by atoms with E-state index in [9.17, 15) is 4.79 Å². The van der Waals surface area contributed by atoms with E-state index in [2.05, 4.69) is 17.4 Å². The molecule has 2 rings (SSSR count). The Labute approximate surface area is 78.0 Å².